The normalized spacial score (nSPS) is 29.6. The maximum absolute atomic E-state index is 3.76. The number of nitrogens with one attached hydrogen (secondary N) is 1. The second-order valence-electron chi connectivity index (χ2n) is 8.14. The highest BCUT2D eigenvalue weighted by Crippen LogP contribution is 2.45. The molecule has 1 aliphatic carbocycles. The molecular weight excluding hydrogens is 256 g/mol. The molecule has 0 amide bonds. The fourth-order valence-electron chi connectivity index (χ4n) is 3.71. The van der Waals surface area contributed by atoms with Crippen molar-refractivity contribution < 1.29 is 0 Å². The van der Waals surface area contributed by atoms with Gasteiger partial charge in [-0.15, -0.1) is 0 Å². The number of benzene rings is 1. The van der Waals surface area contributed by atoms with E-state index in [1.807, 2.05) is 0 Å². The van der Waals surface area contributed by atoms with Crippen LogP contribution in [-0.4, -0.2) is 29.1 Å². The Bertz CT molecular complexity index is 530. The molecule has 1 unspecified atom stereocenters. The summed E-state index contributed by atoms with van der Waals surface area (Å²) < 4.78 is 0. The largest absolute Gasteiger partial charge is 0.309 e. The highest BCUT2D eigenvalue weighted by atomic mass is 15.3. The monoisotopic (exact) mass is 286 g/mol. The fraction of sp³-hybridized carbons (Fsp3) is 0.684. The highest BCUT2D eigenvalue weighted by Gasteiger charge is 2.49. The summed E-state index contributed by atoms with van der Waals surface area (Å²) in [6, 6.07) is 6.95. The first kappa shape index (κ1) is 15.1. The highest BCUT2D eigenvalue weighted by molar-refractivity contribution is 5.30. The molecule has 1 aromatic rings. The van der Waals surface area contributed by atoms with Gasteiger partial charge in [0.15, 0.2) is 0 Å². The molecule has 0 aromatic heterocycles. The van der Waals surface area contributed by atoms with Crippen molar-refractivity contribution in [3.05, 3.63) is 34.9 Å². The second kappa shape index (κ2) is 5.10. The Balaban J connectivity index is 1.83. The minimum absolute atomic E-state index is 0.216. The van der Waals surface area contributed by atoms with Gasteiger partial charge in [-0.25, -0.2) is 0 Å². The third kappa shape index (κ3) is 3.02. The Kier molecular flexibility index (Phi) is 3.66. The van der Waals surface area contributed by atoms with Gasteiger partial charge in [0.2, 0.25) is 0 Å². The lowest BCUT2D eigenvalue weighted by molar-refractivity contribution is 0.00519. The minimum Gasteiger partial charge on any atom is -0.309 e. The van der Waals surface area contributed by atoms with Crippen LogP contribution < -0.4 is 5.32 Å². The van der Waals surface area contributed by atoms with E-state index >= 15 is 0 Å². The molecule has 21 heavy (non-hydrogen) atoms. The molecule has 1 saturated heterocycles. The van der Waals surface area contributed by atoms with Crippen molar-refractivity contribution in [3.8, 4) is 0 Å². The molecule has 1 saturated carbocycles. The van der Waals surface area contributed by atoms with Gasteiger partial charge >= 0.3 is 0 Å². The van der Waals surface area contributed by atoms with Gasteiger partial charge in [-0.1, -0.05) is 18.2 Å². The Morgan fingerprint density at radius 3 is 2.48 bits per heavy atom. The quantitative estimate of drug-likeness (QED) is 0.912. The molecule has 0 bridgehead atoms. The average molecular weight is 286 g/mol. The number of hydrogen-bond donors (Lipinski definition) is 1. The number of nitrogens with zero attached hydrogens (tertiary/aromatic N) is 1. The van der Waals surface area contributed by atoms with Crippen molar-refractivity contribution in [3.63, 3.8) is 0 Å². The standard InChI is InChI=1S/C19H30N2/c1-14-6-7-16(10-15(14)2)11-21-13-18(3,4)20-12-19(21,5)17-8-9-17/h6-7,10,17,20H,8-9,11-13H2,1-5H3. The van der Waals surface area contributed by atoms with Gasteiger partial charge in [-0.05, 0) is 70.1 Å². The Labute approximate surface area is 129 Å². The summed E-state index contributed by atoms with van der Waals surface area (Å²) in [4.78, 5) is 2.74. The van der Waals surface area contributed by atoms with Crippen molar-refractivity contribution in [1.29, 1.82) is 0 Å². The maximum Gasteiger partial charge on any atom is 0.0338 e. The molecule has 1 N–H and O–H groups in total. The fourth-order valence-corrected chi connectivity index (χ4v) is 3.71. The molecule has 2 heteroatoms. The molecule has 1 aliphatic heterocycles. The van der Waals surface area contributed by atoms with Crippen LogP contribution in [0.1, 0.15) is 50.3 Å². The zero-order valence-corrected chi connectivity index (χ0v) is 14.3. The Morgan fingerprint density at radius 1 is 1.14 bits per heavy atom. The van der Waals surface area contributed by atoms with Crippen LogP contribution in [0.25, 0.3) is 0 Å². The van der Waals surface area contributed by atoms with Crippen LogP contribution in [0.4, 0.5) is 0 Å². The van der Waals surface area contributed by atoms with Crippen LogP contribution in [0.15, 0.2) is 18.2 Å². The van der Waals surface area contributed by atoms with Gasteiger partial charge in [0.25, 0.3) is 0 Å². The van der Waals surface area contributed by atoms with Gasteiger partial charge < -0.3 is 5.32 Å². The maximum atomic E-state index is 3.76. The molecule has 3 rings (SSSR count). The third-order valence-corrected chi connectivity index (χ3v) is 5.63. The molecule has 116 valence electrons. The number of rotatable bonds is 3. The summed E-state index contributed by atoms with van der Waals surface area (Å²) in [5, 5.41) is 3.76. The van der Waals surface area contributed by atoms with E-state index in [0.29, 0.717) is 5.54 Å². The SMILES string of the molecule is Cc1ccc(CN2CC(C)(C)NCC2(C)C2CC2)cc1C. The minimum atomic E-state index is 0.216. The lowest BCUT2D eigenvalue weighted by Crippen LogP contribution is -2.67. The van der Waals surface area contributed by atoms with Gasteiger partial charge in [0.1, 0.15) is 0 Å². The molecule has 2 nitrogen and oxygen atoms in total. The predicted octanol–water partition coefficient (Wildman–Crippen LogP) is 3.66. The van der Waals surface area contributed by atoms with E-state index < -0.39 is 0 Å². The Hall–Kier alpha value is -0.860. The van der Waals surface area contributed by atoms with Crippen molar-refractivity contribution >= 4 is 0 Å². The first-order valence-corrected chi connectivity index (χ1v) is 8.36. The lowest BCUT2D eigenvalue weighted by atomic mass is 9.85. The molecule has 1 aromatic carbocycles. The van der Waals surface area contributed by atoms with Gasteiger partial charge in [-0.3, -0.25) is 4.90 Å². The van der Waals surface area contributed by atoms with Crippen LogP contribution >= 0.6 is 0 Å². The number of hydrogen-bond acceptors (Lipinski definition) is 2. The zero-order chi connectivity index (χ0) is 15.3. The Morgan fingerprint density at radius 2 is 1.86 bits per heavy atom. The van der Waals surface area contributed by atoms with E-state index in [0.717, 1.165) is 25.6 Å². The van der Waals surface area contributed by atoms with E-state index in [9.17, 15) is 0 Å². The van der Waals surface area contributed by atoms with Crippen LogP contribution in [0.2, 0.25) is 0 Å². The van der Waals surface area contributed by atoms with Crippen LogP contribution in [-0.2, 0) is 6.54 Å². The molecule has 2 fully saturated rings. The number of aryl methyl sites for hydroxylation is 2. The summed E-state index contributed by atoms with van der Waals surface area (Å²) in [5.41, 5.74) is 4.81. The van der Waals surface area contributed by atoms with Crippen molar-refractivity contribution in [2.75, 3.05) is 13.1 Å². The van der Waals surface area contributed by atoms with E-state index in [1.54, 1.807) is 0 Å². The summed E-state index contributed by atoms with van der Waals surface area (Å²) in [5.74, 6) is 0.882. The molecule has 0 spiro atoms. The second-order valence-corrected chi connectivity index (χ2v) is 8.14. The lowest BCUT2D eigenvalue weighted by Gasteiger charge is -2.52. The first-order valence-electron chi connectivity index (χ1n) is 8.36. The van der Waals surface area contributed by atoms with Crippen molar-refractivity contribution in [1.82, 2.24) is 10.2 Å². The molecule has 0 radical (unpaired) electrons. The smallest absolute Gasteiger partial charge is 0.0338 e. The predicted molar refractivity (Wildman–Crippen MR) is 89.5 cm³/mol. The summed E-state index contributed by atoms with van der Waals surface area (Å²) >= 11 is 0. The molecular formula is C19H30N2. The summed E-state index contributed by atoms with van der Waals surface area (Å²) in [6.07, 6.45) is 2.81. The van der Waals surface area contributed by atoms with E-state index in [4.69, 9.17) is 0 Å². The average Bonchev–Trinajstić information content (AvgIpc) is 3.23. The van der Waals surface area contributed by atoms with Gasteiger partial charge in [-0.2, -0.15) is 0 Å². The van der Waals surface area contributed by atoms with E-state index in [1.165, 1.54) is 29.5 Å². The molecule has 1 atom stereocenters. The first-order chi connectivity index (χ1) is 9.80. The van der Waals surface area contributed by atoms with Gasteiger partial charge in [0, 0.05) is 30.7 Å². The summed E-state index contributed by atoms with van der Waals surface area (Å²) in [7, 11) is 0. The van der Waals surface area contributed by atoms with E-state index in [2.05, 4.69) is 63.0 Å². The number of piperazine rings is 1. The van der Waals surface area contributed by atoms with Gasteiger partial charge in [0.05, 0.1) is 0 Å². The molecule has 2 aliphatic rings. The summed E-state index contributed by atoms with van der Waals surface area (Å²) in [6.45, 7) is 14.9. The van der Waals surface area contributed by atoms with Crippen LogP contribution in [0.3, 0.4) is 0 Å². The topological polar surface area (TPSA) is 15.3 Å². The van der Waals surface area contributed by atoms with Crippen molar-refractivity contribution in [2.45, 2.75) is 65.1 Å². The van der Waals surface area contributed by atoms with Crippen molar-refractivity contribution in [2.24, 2.45) is 5.92 Å². The third-order valence-electron chi connectivity index (χ3n) is 5.63. The van der Waals surface area contributed by atoms with Crippen LogP contribution in [0, 0.1) is 19.8 Å². The van der Waals surface area contributed by atoms with E-state index in [-0.39, 0.29) is 5.54 Å². The molecule has 1 heterocycles. The zero-order valence-electron chi connectivity index (χ0n) is 14.3. The van der Waals surface area contributed by atoms with Crippen LogP contribution in [0.5, 0.6) is 0 Å².